The van der Waals surface area contributed by atoms with E-state index in [2.05, 4.69) is 157 Å². The van der Waals surface area contributed by atoms with Gasteiger partial charge in [-0.1, -0.05) is 146 Å². The molecule has 5 aromatic rings. The number of allylic oxidation sites excluding steroid dienone is 2. The fraction of sp³-hybridized carbons (Fsp3) is 0.292. The fourth-order valence-electron chi connectivity index (χ4n) is 7.44. The summed E-state index contributed by atoms with van der Waals surface area (Å²) >= 11 is 0. The molecular weight excluding hydrogens is 830 g/mol. The van der Waals surface area contributed by atoms with Gasteiger partial charge in [0.25, 0.3) is 0 Å². The maximum absolute atomic E-state index is 11.0. The third kappa shape index (κ3) is 7.62. The number of hydrogen-bond donors (Lipinski definition) is 1. The van der Waals surface area contributed by atoms with Crippen LogP contribution in [0, 0.1) is 6.07 Å². The Morgan fingerprint density at radius 1 is 0.642 bits per heavy atom. The van der Waals surface area contributed by atoms with Crippen LogP contribution in [-0.2, 0) is 21.1 Å². The van der Waals surface area contributed by atoms with E-state index in [9.17, 15) is 5.11 Å². The average molecular weight is 880 g/mol. The zero-order valence-corrected chi connectivity index (χ0v) is 34.3. The Hall–Kier alpha value is -4.53. The minimum absolute atomic E-state index is 0. The Balaban J connectivity index is 0.00000481. The van der Waals surface area contributed by atoms with Crippen molar-refractivity contribution in [3.8, 4) is 5.75 Å². The van der Waals surface area contributed by atoms with Gasteiger partial charge in [0, 0.05) is 38.0 Å². The van der Waals surface area contributed by atoms with Crippen LogP contribution in [0.2, 0.25) is 0 Å². The van der Waals surface area contributed by atoms with Crippen molar-refractivity contribution in [2.45, 2.75) is 91.3 Å². The van der Waals surface area contributed by atoms with Crippen LogP contribution in [0.3, 0.4) is 0 Å². The standard InChI is InChI=1S/C48H50N3O.Pt/c1-29(2)35-24-36(30(3)4)26-37(25-35)38-27-43(49-44(28-38)41-17-9-12-22-46(41)52)33-15-13-16-34(23-33)48-50-42-20-10-11-21-45(42)51(48)47-39(31(5)6)18-14-19-40(47)32(7)8;/h9-22,24-32,43,48,52H,1-8H3;/q-3;. The zero-order valence-electron chi connectivity index (χ0n) is 32.0. The van der Waals surface area contributed by atoms with Crippen molar-refractivity contribution in [2.24, 2.45) is 0 Å². The van der Waals surface area contributed by atoms with E-state index in [4.69, 9.17) is 10.6 Å². The predicted molar refractivity (Wildman–Crippen MR) is 219 cm³/mol. The summed E-state index contributed by atoms with van der Waals surface area (Å²) in [7, 11) is 0. The van der Waals surface area contributed by atoms with E-state index >= 15 is 0 Å². The molecule has 0 bridgehead atoms. The Morgan fingerprint density at radius 3 is 1.89 bits per heavy atom. The third-order valence-electron chi connectivity index (χ3n) is 10.4. The Morgan fingerprint density at radius 2 is 1.25 bits per heavy atom. The molecule has 0 saturated carbocycles. The van der Waals surface area contributed by atoms with E-state index in [1.807, 2.05) is 18.2 Å². The summed E-state index contributed by atoms with van der Waals surface area (Å²) in [6, 6.07) is 39.6. The monoisotopic (exact) mass is 879 g/mol. The number of para-hydroxylation sites is 4. The maximum Gasteiger partial charge on any atom is 0.121 e. The van der Waals surface area contributed by atoms with E-state index < -0.39 is 0 Å². The Bertz CT molecular complexity index is 2110. The molecule has 7 rings (SSSR count). The number of phenols is 1. The molecule has 2 heterocycles. The molecule has 0 aliphatic carbocycles. The van der Waals surface area contributed by atoms with E-state index in [0.29, 0.717) is 23.7 Å². The first-order chi connectivity index (χ1) is 25.0. The average Bonchev–Trinajstić information content (AvgIpc) is 3.53. The molecule has 0 radical (unpaired) electrons. The SMILES string of the molecule is CC(C)c1cc(C2=CC(c3[c-]c(C4[N-]c5ccccc5N4c4c(C(C)C)cccc4C(C)C)ccc3)[N-]C(c3ccccc3O)=C2)cc(C(C)C)c1.[Pt]. The van der Waals surface area contributed by atoms with Crippen LogP contribution >= 0.6 is 0 Å². The summed E-state index contributed by atoms with van der Waals surface area (Å²) < 4.78 is 0. The van der Waals surface area contributed by atoms with Crippen molar-refractivity contribution < 1.29 is 26.2 Å². The zero-order chi connectivity index (χ0) is 36.7. The van der Waals surface area contributed by atoms with Crippen LogP contribution in [0.4, 0.5) is 17.1 Å². The maximum atomic E-state index is 11.0. The summed E-state index contributed by atoms with van der Waals surface area (Å²) in [5.74, 6) is 1.69. The molecule has 1 N–H and O–H groups in total. The molecule has 0 spiro atoms. The minimum atomic E-state index is -0.314. The van der Waals surface area contributed by atoms with Crippen LogP contribution in [0.25, 0.3) is 21.9 Å². The number of rotatable bonds is 9. The molecule has 0 amide bonds. The van der Waals surface area contributed by atoms with E-state index in [1.54, 1.807) is 6.07 Å². The molecule has 0 fully saturated rings. The quantitative estimate of drug-likeness (QED) is 0.150. The first-order valence-electron chi connectivity index (χ1n) is 18.8. The number of aromatic hydroxyl groups is 1. The van der Waals surface area contributed by atoms with Gasteiger partial charge in [0.05, 0.1) is 0 Å². The summed E-state index contributed by atoms with van der Waals surface area (Å²) in [5, 5.41) is 21.6. The summed E-state index contributed by atoms with van der Waals surface area (Å²) in [4.78, 5) is 2.44. The summed E-state index contributed by atoms with van der Waals surface area (Å²) in [6.45, 7) is 18.1. The van der Waals surface area contributed by atoms with Crippen LogP contribution in [0.15, 0.2) is 115 Å². The van der Waals surface area contributed by atoms with Crippen LogP contribution in [0.1, 0.15) is 136 Å². The molecule has 2 atom stereocenters. The Labute approximate surface area is 331 Å². The molecular formula is C48H50N3OPt-3. The number of fused-ring (bicyclic) bond motifs is 1. The van der Waals surface area contributed by atoms with Crippen molar-refractivity contribution >= 4 is 28.3 Å². The molecule has 5 heteroatoms. The van der Waals surface area contributed by atoms with Crippen molar-refractivity contribution in [3.63, 3.8) is 0 Å². The van der Waals surface area contributed by atoms with Gasteiger partial charge >= 0.3 is 0 Å². The number of nitrogens with zero attached hydrogens (tertiary/aromatic N) is 3. The molecule has 53 heavy (non-hydrogen) atoms. The summed E-state index contributed by atoms with van der Waals surface area (Å²) in [5.41, 5.74) is 14.3. The van der Waals surface area contributed by atoms with Crippen LogP contribution in [0.5, 0.6) is 5.75 Å². The molecule has 2 aliphatic rings. The van der Waals surface area contributed by atoms with Gasteiger partial charge in [-0.15, -0.1) is 11.4 Å². The molecule has 5 aromatic carbocycles. The molecule has 276 valence electrons. The van der Waals surface area contributed by atoms with Gasteiger partial charge in [0.15, 0.2) is 0 Å². The second-order valence-electron chi connectivity index (χ2n) is 15.5. The normalized spacial score (nSPS) is 16.6. The van der Waals surface area contributed by atoms with Crippen molar-refractivity contribution in [1.29, 1.82) is 0 Å². The van der Waals surface area contributed by atoms with Gasteiger partial charge in [-0.05, 0) is 75.4 Å². The molecule has 0 saturated heterocycles. The second-order valence-corrected chi connectivity index (χ2v) is 15.5. The van der Waals surface area contributed by atoms with Crippen molar-refractivity contribution in [2.75, 3.05) is 4.90 Å². The number of hydrogen-bond acceptors (Lipinski definition) is 2. The first kappa shape index (κ1) is 38.2. The van der Waals surface area contributed by atoms with Gasteiger partial charge in [0.2, 0.25) is 0 Å². The minimum Gasteiger partial charge on any atom is -0.676 e. The smallest absolute Gasteiger partial charge is 0.121 e. The Kier molecular flexibility index (Phi) is 11.4. The van der Waals surface area contributed by atoms with E-state index in [1.165, 1.54) is 27.9 Å². The van der Waals surface area contributed by atoms with Gasteiger partial charge < -0.3 is 20.6 Å². The van der Waals surface area contributed by atoms with Gasteiger partial charge in [-0.25, -0.2) is 0 Å². The first-order valence-corrected chi connectivity index (χ1v) is 18.8. The third-order valence-corrected chi connectivity index (χ3v) is 10.4. The number of benzene rings is 5. The fourth-order valence-corrected chi connectivity index (χ4v) is 7.44. The van der Waals surface area contributed by atoms with Gasteiger partial charge in [-0.3, -0.25) is 0 Å². The predicted octanol–water partition coefficient (Wildman–Crippen LogP) is 14.1. The molecule has 4 nitrogen and oxygen atoms in total. The number of anilines is 2. The number of phenolic OH excluding ortho intramolecular Hbond substituents is 1. The van der Waals surface area contributed by atoms with Crippen LogP contribution in [-0.4, -0.2) is 5.11 Å². The summed E-state index contributed by atoms with van der Waals surface area (Å²) in [6.07, 6.45) is 4.09. The molecule has 2 unspecified atom stereocenters. The molecule has 0 aromatic heterocycles. The molecule has 2 aliphatic heterocycles. The topological polar surface area (TPSA) is 51.7 Å². The second kappa shape index (κ2) is 15.8. The van der Waals surface area contributed by atoms with Crippen LogP contribution < -0.4 is 4.90 Å². The van der Waals surface area contributed by atoms with Gasteiger partial charge in [-0.2, -0.15) is 35.4 Å². The van der Waals surface area contributed by atoms with Crippen molar-refractivity contribution in [3.05, 3.63) is 176 Å². The van der Waals surface area contributed by atoms with Crippen molar-refractivity contribution in [1.82, 2.24) is 0 Å². The largest absolute Gasteiger partial charge is 0.676 e. The van der Waals surface area contributed by atoms with E-state index in [-0.39, 0.29) is 39.0 Å². The van der Waals surface area contributed by atoms with Gasteiger partial charge in [0.1, 0.15) is 5.75 Å². The van der Waals surface area contributed by atoms with E-state index in [0.717, 1.165) is 44.9 Å².